The van der Waals surface area contributed by atoms with Crippen molar-refractivity contribution in [3.05, 3.63) is 48.6 Å². The van der Waals surface area contributed by atoms with E-state index in [1.54, 1.807) is 0 Å². The van der Waals surface area contributed by atoms with E-state index in [1.807, 2.05) is 0 Å². The Morgan fingerprint density at radius 1 is 0.574 bits per heavy atom. The number of allylic oxidation sites excluding steroid dienone is 8. The molecular formula is C44H80NO8P. The zero-order valence-corrected chi connectivity index (χ0v) is 35.3. The van der Waals surface area contributed by atoms with Crippen molar-refractivity contribution in [2.75, 3.05) is 26.4 Å². The predicted octanol–water partition coefficient (Wildman–Crippen LogP) is 11.9. The van der Waals surface area contributed by atoms with Gasteiger partial charge in [-0.1, -0.05) is 146 Å². The molecule has 0 spiro atoms. The maximum absolute atomic E-state index is 12.1. The van der Waals surface area contributed by atoms with Crippen LogP contribution in [0.3, 0.4) is 0 Å². The Balaban J connectivity index is 3.64. The minimum absolute atomic E-state index is 0.0745. The normalized spacial score (nSPS) is 13.8. The van der Waals surface area contributed by atoms with Gasteiger partial charge in [-0.3, -0.25) is 18.6 Å². The predicted molar refractivity (Wildman–Crippen MR) is 224 cm³/mol. The van der Waals surface area contributed by atoms with Gasteiger partial charge in [0.15, 0.2) is 0 Å². The highest BCUT2D eigenvalue weighted by Gasteiger charge is 2.23. The lowest BCUT2D eigenvalue weighted by molar-refractivity contribution is -0.147. The second-order valence-electron chi connectivity index (χ2n) is 14.3. The van der Waals surface area contributed by atoms with Crippen molar-refractivity contribution in [3.8, 4) is 0 Å². The highest BCUT2D eigenvalue weighted by atomic mass is 31.2. The lowest BCUT2D eigenvalue weighted by Crippen LogP contribution is -2.27. The fraction of sp³-hybridized carbons (Fsp3) is 0.773. The van der Waals surface area contributed by atoms with Crippen LogP contribution in [0.4, 0.5) is 0 Å². The van der Waals surface area contributed by atoms with Gasteiger partial charge in [-0.2, -0.15) is 0 Å². The van der Waals surface area contributed by atoms with Gasteiger partial charge in [-0.15, -0.1) is 0 Å². The van der Waals surface area contributed by atoms with Crippen LogP contribution >= 0.6 is 7.82 Å². The minimum Gasteiger partial charge on any atom is -0.463 e. The van der Waals surface area contributed by atoms with Crippen molar-refractivity contribution in [2.45, 2.75) is 193 Å². The minimum atomic E-state index is -4.42. The lowest BCUT2D eigenvalue weighted by atomic mass is 10.1. The van der Waals surface area contributed by atoms with E-state index in [9.17, 15) is 24.2 Å². The number of nitrogens with one attached hydrogen (secondary N) is 1. The maximum Gasteiger partial charge on any atom is 0.472 e. The van der Waals surface area contributed by atoms with Crippen LogP contribution in [-0.4, -0.2) is 54.3 Å². The molecule has 314 valence electrons. The molecular weight excluding hydrogens is 701 g/mol. The van der Waals surface area contributed by atoms with Crippen LogP contribution in [-0.2, 0) is 27.9 Å². The third-order valence-corrected chi connectivity index (χ3v) is 9.97. The third kappa shape index (κ3) is 41.1. The first-order chi connectivity index (χ1) is 26.3. The van der Waals surface area contributed by atoms with E-state index >= 15 is 0 Å². The summed E-state index contributed by atoms with van der Waals surface area (Å²) in [6.07, 6.45) is 46.0. The smallest absolute Gasteiger partial charge is 0.463 e. The van der Waals surface area contributed by atoms with Gasteiger partial charge in [-0.25, -0.2) is 4.57 Å². The van der Waals surface area contributed by atoms with Crippen LogP contribution in [0.15, 0.2) is 48.6 Å². The lowest BCUT2D eigenvalue weighted by Gasteiger charge is -2.15. The number of unbranched alkanes of at least 4 members (excludes halogenated alkanes) is 19. The molecule has 2 unspecified atom stereocenters. The SMILES string of the molecule is CCCCC/C=C\C/C=C\C/C=C\CCCCCCCCC(=O)OCC(O)COP(=O)(O)OCCNC(=O)CCCCCCC/C=C\CCCCCCC. The summed E-state index contributed by atoms with van der Waals surface area (Å²) < 4.78 is 26.8. The third-order valence-electron chi connectivity index (χ3n) is 8.98. The van der Waals surface area contributed by atoms with E-state index in [0.717, 1.165) is 77.0 Å². The van der Waals surface area contributed by atoms with Crippen molar-refractivity contribution in [2.24, 2.45) is 0 Å². The monoisotopic (exact) mass is 782 g/mol. The molecule has 0 aromatic rings. The standard InChI is InChI=1S/C44H80NO8P/c1-3-5-7-9-11-13-15-17-19-20-21-22-23-25-27-29-31-33-35-37-44(48)51-40-42(46)41-53-54(49,50)52-39-38-45-43(47)36-34-32-30-28-26-24-18-16-14-12-10-8-6-4-2/h11,13,16-19,21-22,42,46H,3-10,12,14-15,20,23-41H2,1-2H3,(H,45,47)(H,49,50)/b13-11-,18-16-,19-17-,22-21-. The highest BCUT2D eigenvalue weighted by molar-refractivity contribution is 7.47. The first-order valence-electron chi connectivity index (χ1n) is 21.6. The first kappa shape index (κ1) is 52.0. The number of ether oxygens (including phenoxy) is 1. The van der Waals surface area contributed by atoms with Gasteiger partial charge in [0.1, 0.15) is 12.7 Å². The van der Waals surface area contributed by atoms with Gasteiger partial charge in [0.2, 0.25) is 5.91 Å². The molecule has 0 fully saturated rings. The molecule has 0 rings (SSSR count). The zero-order chi connectivity index (χ0) is 39.6. The van der Waals surface area contributed by atoms with E-state index in [-0.39, 0.29) is 32.1 Å². The Bertz CT molecular complexity index is 1030. The van der Waals surface area contributed by atoms with Gasteiger partial charge in [0, 0.05) is 19.4 Å². The maximum atomic E-state index is 12.1. The van der Waals surface area contributed by atoms with Crippen molar-refractivity contribution in [1.29, 1.82) is 0 Å². The molecule has 0 heterocycles. The molecule has 0 aliphatic carbocycles. The van der Waals surface area contributed by atoms with Gasteiger partial charge in [-0.05, 0) is 77.0 Å². The summed E-state index contributed by atoms with van der Waals surface area (Å²) in [5, 5.41) is 12.7. The van der Waals surface area contributed by atoms with E-state index in [0.29, 0.717) is 6.42 Å². The number of esters is 1. The summed E-state index contributed by atoms with van der Waals surface area (Å²) >= 11 is 0. The molecule has 0 bridgehead atoms. The Hall–Kier alpha value is -2.03. The molecule has 0 aliphatic rings. The Morgan fingerprint density at radius 3 is 1.56 bits per heavy atom. The molecule has 9 nitrogen and oxygen atoms in total. The number of carbonyl (C=O) groups excluding carboxylic acids is 2. The number of hydrogen-bond donors (Lipinski definition) is 3. The Labute approximate surface area is 330 Å². The quantitative estimate of drug-likeness (QED) is 0.0242. The van der Waals surface area contributed by atoms with E-state index in [1.165, 1.54) is 83.5 Å². The molecule has 0 saturated carbocycles. The van der Waals surface area contributed by atoms with Crippen LogP contribution in [0.25, 0.3) is 0 Å². The zero-order valence-electron chi connectivity index (χ0n) is 34.4. The number of carbonyl (C=O) groups is 2. The Kier molecular flexibility index (Phi) is 39.1. The molecule has 0 aliphatic heterocycles. The van der Waals surface area contributed by atoms with Crippen molar-refractivity contribution < 1.29 is 37.9 Å². The number of phosphoric ester groups is 1. The Morgan fingerprint density at radius 2 is 1.00 bits per heavy atom. The first-order valence-corrected chi connectivity index (χ1v) is 23.1. The van der Waals surface area contributed by atoms with Crippen LogP contribution in [0, 0.1) is 0 Å². The molecule has 1 amide bonds. The number of phosphoric acid groups is 1. The number of hydrogen-bond acceptors (Lipinski definition) is 7. The number of rotatable bonds is 40. The van der Waals surface area contributed by atoms with Crippen molar-refractivity contribution in [3.63, 3.8) is 0 Å². The molecule has 10 heteroatoms. The van der Waals surface area contributed by atoms with Crippen LogP contribution in [0.5, 0.6) is 0 Å². The summed E-state index contributed by atoms with van der Waals surface area (Å²) in [7, 11) is -4.42. The van der Waals surface area contributed by atoms with Gasteiger partial charge < -0.3 is 20.1 Å². The largest absolute Gasteiger partial charge is 0.472 e. The van der Waals surface area contributed by atoms with E-state index in [2.05, 4.69) is 67.8 Å². The number of aliphatic hydroxyl groups excluding tert-OH is 1. The summed E-state index contributed by atoms with van der Waals surface area (Å²) in [5.41, 5.74) is 0. The van der Waals surface area contributed by atoms with E-state index < -0.39 is 26.5 Å². The summed E-state index contributed by atoms with van der Waals surface area (Å²) in [5.74, 6) is -0.539. The summed E-state index contributed by atoms with van der Waals surface area (Å²) in [6, 6.07) is 0. The summed E-state index contributed by atoms with van der Waals surface area (Å²) in [6.45, 7) is 3.49. The van der Waals surface area contributed by atoms with Gasteiger partial charge in [0.25, 0.3) is 0 Å². The number of amides is 1. The van der Waals surface area contributed by atoms with E-state index in [4.69, 9.17) is 13.8 Å². The van der Waals surface area contributed by atoms with Gasteiger partial charge in [0.05, 0.1) is 13.2 Å². The summed E-state index contributed by atoms with van der Waals surface area (Å²) in [4.78, 5) is 33.9. The second-order valence-corrected chi connectivity index (χ2v) is 15.8. The molecule has 0 radical (unpaired) electrons. The van der Waals surface area contributed by atoms with Gasteiger partial charge >= 0.3 is 13.8 Å². The average molecular weight is 782 g/mol. The topological polar surface area (TPSA) is 131 Å². The molecule has 54 heavy (non-hydrogen) atoms. The molecule has 0 aromatic heterocycles. The number of aliphatic hydroxyl groups is 1. The molecule has 2 atom stereocenters. The highest BCUT2D eigenvalue weighted by Crippen LogP contribution is 2.42. The van der Waals surface area contributed by atoms with Crippen molar-refractivity contribution in [1.82, 2.24) is 5.32 Å². The molecule has 0 aromatic carbocycles. The second kappa shape index (κ2) is 40.6. The van der Waals surface area contributed by atoms with Crippen LogP contribution in [0.2, 0.25) is 0 Å². The fourth-order valence-corrected chi connectivity index (χ4v) is 6.43. The van der Waals surface area contributed by atoms with Crippen LogP contribution in [0.1, 0.15) is 187 Å². The van der Waals surface area contributed by atoms with Crippen LogP contribution < -0.4 is 5.32 Å². The molecule has 3 N–H and O–H groups in total. The average Bonchev–Trinajstić information content (AvgIpc) is 3.16. The van der Waals surface area contributed by atoms with Crippen molar-refractivity contribution >= 4 is 19.7 Å². The fourth-order valence-electron chi connectivity index (χ4n) is 5.67. The molecule has 0 saturated heterocycles.